The number of ketones is 1. The fourth-order valence-electron chi connectivity index (χ4n) is 2.59. The summed E-state index contributed by atoms with van der Waals surface area (Å²) in [6, 6.07) is 8.65. The van der Waals surface area contributed by atoms with Crippen LogP contribution in [-0.2, 0) is 4.79 Å². The zero-order valence-corrected chi connectivity index (χ0v) is 12.9. The van der Waals surface area contributed by atoms with Gasteiger partial charge in [0.05, 0.1) is 6.54 Å². The average molecular weight is 274 g/mol. The minimum absolute atomic E-state index is 0.199. The summed E-state index contributed by atoms with van der Waals surface area (Å²) in [5.74, 6) is 0.585. The Morgan fingerprint density at radius 3 is 2.55 bits per heavy atom. The Morgan fingerprint density at radius 2 is 1.95 bits per heavy atom. The van der Waals surface area contributed by atoms with Crippen molar-refractivity contribution in [3.05, 3.63) is 29.8 Å². The number of anilines is 1. The normalized spacial score (nSPS) is 18.1. The largest absolute Gasteiger partial charge is 0.369 e. The lowest BCUT2D eigenvalue weighted by Crippen LogP contribution is -2.48. The molecule has 1 heterocycles. The third-order valence-corrected chi connectivity index (χ3v) is 4.28. The second-order valence-corrected chi connectivity index (χ2v) is 5.88. The lowest BCUT2D eigenvalue weighted by molar-refractivity contribution is -0.123. The Kier molecular flexibility index (Phi) is 5.18. The van der Waals surface area contributed by atoms with Crippen LogP contribution in [0.2, 0.25) is 0 Å². The van der Waals surface area contributed by atoms with Crippen molar-refractivity contribution in [1.29, 1.82) is 0 Å². The number of carbonyl (C=O) groups excluding carboxylic acids is 1. The third kappa shape index (κ3) is 3.83. The second kappa shape index (κ2) is 6.89. The van der Waals surface area contributed by atoms with Gasteiger partial charge in [0.2, 0.25) is 0 Å². The summed E-state index contributed by atoms with van der Waals surface area (Å²) < 4.78 is 0. The van der Waals surface area contributed by atoms with Crippen LogP contribution in [0.4, 0.5) is 5.69 Å². The molecule has 0 aliphatic carbocycles. The van der Waals surface area contributed by atoms with E-state index in [9.17, 15) is 4.79 Å². The smallest absolute Gasteiger partial charge is 0.149 e. The molecule has 3 heteroatoms. The topological polar surface area (TPSA) is 23.6 Å². The van der Waals surface area contributed by atoms with Gasteiger partial charge >= 0.3 is 0 Å². The maximum absolute atomic E-state index is 12.0. The van der Waals surface area contributed by atoms with Crippen molar-refractivity contribution in [2.24, 2.45) is 5.92 Å². The fraction of sp³-hybridized carbons (Fsp3) is 0.588. The number of aryl methyl sites for hydroxylation is 1. The molecule has 0 saturated carbocycles. The fourth-order valence-corrected chi connectivity index (χ4v) is 2.59. The highest BCUT2D eigenvalue weighted by molar-refractivity contribution is 5.82. The number of nitrogens with zero attached hydrogens (tertiary/aromatic N) is 2. The van der Waals surface area contributed by atoms with E-state index in [-0.39, 0.29) is 5.92 Å². The lowest BCUT2D eigenvalue weighted by atomic mass is 10.0. The number of rotatable bonds is 5. The highest BCUT2D eigenvalue weighted by Gasteiger charge is 2.20. The first-order chi connectivity index (χ1) is 9.60. The number of carbonyl (C=O) groups is 1. The van der Waals surface area contributed by atoms with Gasteiger partial charge in [0.1, 0.15) is 5.78 Å². The van der Waals surface area contributed by atoms with Crippen LogP contribution in [-0.4, -0.2) is 43.4 Å². The van der Waals surface area contributed by atoms with Crippen LogP contribution < -0.4 is 4.90 Å². The Bertz CT molecular complexity index is 450. The highest BCUT2D eigenvalue weighted by Crippen LogP contribution is 2.18. The van der Waals surface area contributed by atoms with Crippen LogP contribution in [0.15, 0.2) is 24.3 Å². The van der Waals surface area contributed by atoms with E-state index in [1.165, 1.54) is 11.3 Å². The Morgan fingerprint density at radius 1 is 1.25 bits per heavy atom. The van der Waals surface area contributed by atoms with Gasteiger partial charge in [-0.3, -0.25) is 9.69 Å². The molecule has 1 unspecified atom stereocenters. The van der Waals surface area contributed by atoms with Gasteiger partial charge in [-0.2, -0.15) is 0 Å². The zero-order valence-electron chi connectivity index (χ0n) is 12.9. The van der Waals surface area contributed by atoms with Crippen molar-refractivity contribution in [3.8, 4) is 0 Å². The summed E-state index contributed by atoms with van der Waals surface area (Å²) in [7, 11) is 0. The molecule has 0 bridgehead atoms. The number of piperazine rings is 1. The predicted octanol–water partition coefficient (Wildman–Crippen LogP) is 2.73. The molecule has 1 saturated heterocycles. The van der Waals surface area contributed by atoms with E-state index in [1.54, 1.807) is 0 Å². The van der Waals surface area contributed by atoms with E-state index in [4.69, 9.17) is 0 Å². The molecule has 3 nitrogen and oxygen atoms in total. The van der Waals surface area contributed by atoms with Gasteiger partial charge in [-0.05, 0) is 31.0 Å². The van der Waals surface area contributed by atoms with Crippen molar-refractivity contribution in [2.45, 2.75) is 27.2 Å². The van der Waals surface area contributed by atoms with E-state index < -0.39 is 0 Å². The summed E-state index contributed by atoms with van der Waals surface area (Å²) in [5.41, 5.74) is 2.61. The summed E-state index contributed by atoms with van der Waals surface area (Å²) >= 11 is 0. The van der Waals surface area contributed by atoms with Crippen LogP contribution in [0.5, 0.6) is 0 Å². The zero-order chi connectivity index (χ0) is 14.5. The van der Waals surface area contributed by atoms with Crippen LogP contribution >= 0.6 is 0 Å². The highest BCUT2D eigenvalue weighted by atomic mass is 16.1. The Labute approximate surface area is 122 Å². The number of benzene rings is 1. The van der Waals surface area contributed by atoms with Gasteiger partial charge in [0.25, 0.3) is 0 Å². The minimum atomic E-state index is 0.199. The van der Waals surface area contributed by atoms with Gasteiger partial charge in [-0.25, -0.2) is 0 Å². The molecule has 1 aromatic rings. The standard InChI is InChI=1S/C17H26N2O/c1-4-15(3)17(20)13-18-8-10-19(11-9-18)16-7-5-6-14(2)12-16/h5-7,12,15H,4,8-11,13H2,1-3H3. The summed E-state index contributed by atoms with van der Waals surface area (Å²) in [4.78, 5) is 16.7. The molecule has 1 aliphatic heterocycles. The van der Waals surface area contributed by atoms with Crippen LogP contribution in [0.1, 0.15) is 25.8 Å². The molecule has 1 aromatic carbocycles. The van der Waals surface area contributed by atoms with E-state index in [0.29, 0.717) is 12.3 Å². The van der Waals surface area contributed by atoms with Crippen molar-refractivity contribution in [3.63, 3.8) is 0 Å². The van der Waals surface area contributed by atoms with Gasteiger partial charge in [0.15, 0.2) is 0 Å². The van der Waals surface area contributed by atoms with E-state index in [2.05, 4.69) is 47.9 Å². The molecule has 0 N–H and O–H groups in total. The van der Waals surface area contributed by atoms with E-state index in [0.717, 1.165) is 32.6 Å². The molecule has 1 fully saturated rings. The van der Waals surface area contributed by atoms with Gasteiger partial charge in [-0.1, -0.05) is 26.0 Å². The van der Waals surface area contributed by atoms with Gasteiger partial charge in [0, 0.05) is 37.8 Å². The summed E-state index contributed by atoms with van der Waals surface area (Å²) in [5, 5.41) is 0. The quantitative estimate of drug-likeness (QED) is 0.825. The van der Waals surface area contributed by atoms with Crippen LogP contribution in [0, 0.1) is 12.8 Å². The summed E-state index contributed by atoms with van der Waals surface area (Å²) in [6.45, 7) is 10.9. The monoisotopic (exact) mass is 274 g/mol. The molecule has 0 radical (unpaired) electrons. The Balaban J connectivity index is 1.85. The number of Topliss-reactive ketones (excluding diaryl/α,β-unsaturated/α-hetero) is 1. The first-order valence-corrected chi connectivity index (χ1v) is 7.67. The van der Waals surface area contributed by atoms with Crippen LogP contribution in [0.25, 0.3) is 0 Å². The SMILES string of the molecule is CCC(C)C(=O)CN1CCN(c2cccc(C)c2)CC1. The molecule has 0 spiro atoms. The van der Waals surface area contributed by atoms with Crippen LogP contribution in [0.3, 0.4) is 0 Å². The van der Waals surface area contributed by atoms with Crippen molar-refractivity contribution < 1.29 is 4.79 Å². The second-order valence-electron chi connectivity index (χ2n) is 5.88. The average Bonchev–Trinajstić information content (AvgIpc) is 2.47. The van der Waals surface area contributed by atoms with Gasteiger partial charge in [-0.15, -0.1) is 0 Å². The van der Waals surface area contributed by atoms with E-state index in [1.807, 2.05) is 6.92 Å². The molecule has 1 atom stereocenters. The maximum atomic E-state index is 12.0. The van der Waals surface area contributed by atoms with Crippen molar-refractivity contribution in [1.82, 2.24) is 4.90 Å². The molecule has 0 aromatic heterocycles. The molecule has 110 valence electrons. The maximum Gasteiger partial charge on any atom is 0.149 e. The number of hydrogen-bond donors (Lipinski definition) is 0. The van der Waals surface area contributed by atoms with E-state index >= 15 is 0 Å². The molecule has 2 rings (SSSR count). The first kappa shape index (κ1) is 15.0. The lowest BCUT2D eigenvalue weighted by Gasteiger charge is -2.36. The number of hydrogen-bond acceptors (Lipinski definition) is 3. The van der Waals surface area contributed by atoms with Crippen molar-refractivity contribution in [2.75, 3.05) is 37.6 Å². The third-order valence-electron chi connectivity index (χ3n) is 4.28. The molecular formula is C17H26N2O. The molecular weight excluding hydrogens is 248 g/mol. The molecule has 1 aliphatic rings. The predicted molar refractivity (Wildman–Crippen MR) is 84.3 cm³/mol. The van der Waals surface area contributed by atoms with Crippen molar-refractivity contribution >= 4 is 11.5 Å². The molecule has 20 heavy (non-hydrogen) atoms. The Hall–Kier alpha value is -1.35. The van der Waals surface area contributed by atoms with Gasteiger partial charge < -0.3 is 4.90 Å². The summed E-state index contributed by atoms with van der Waals surface area (Å²) in [6.07, 6.45) is 0.947. The minimum Gasteiger partial charge on any atom is -0.369 e. The molecule has 0 amide bonds. The first-order valence-electron chi connectivity index (χ1n) is 7.67.